The number of hydrogen-bond acceptors (Lipinski definition) is 5. The standard InChI is InChI=1S/C18H26N6/c1-14-6-17(20-13-19-14)23(3)16-7-18(8-16)4-5-24(12-18)11-15-9-21-22(2)10-15/h6,9-10,13,16H,4-5,7-8,11-12H2,1-3H3. The molecule has 2 aromatic heterocycles. The first-order valence-corrected chi connectivity index (χ1v) is 8.74. The van der Waals surface area contributed by atoms with Gasteiger partial charge in [0.15, 0.2) is 0 Å². The maximum atomic E-state index is 4.43. The molecule has 2 aromatic rings. The number of rotatable bonds is 4. The Bertz CT molecular complexity index is 718. The molecule has 0 N–H and O–H groups in total. The van der Waals surface area contributed by atoms with Crippen LogP contribution in [0.5, 0.6) is 0 Å². The number of aromatic nitrogens is 4. The van der Waals surface area contributed by atoms with Gasteiger partial charge in [-0.3, -0.25) is 9.58 Å². The Kier molecular flexibility index (Phi) is 3.79. The summed E-state index contributed by atoms with van der Waals surface area (Å²) in [6, 6.07) is 2.69. The van der Waals surface area contributed by atoms with Crippen LogP contribution in [-0.2, 0) is 13.6 Å². The van der Waals surface area contributed by atoms with Gasteiger partial charge in [-0.15, -0.1) is 0 Å². The predicted octanol–water partition coefficient (Wildman–Crippen LogP) is 2.01. The average molecular weight is 326 g/mol. The molecule has 2 fully saturated rings. The summed E-state index contributed by atoms with van der Waals surface area (Å²) in [6.45, 7) is 5.47. The van der Waals surface area contributed by atoms with Gasteiger partial charge in [0.05, 0.1) is 6.20 Å². The van der Waals surface area contributed by atoms with Gasteiger partial charge in [-0.05, 0) is 38.1 Å². The molecule has 0 atom stereocenters. The zero-order chi connectivity index (χ0) is 16.7. The van der Waals surface area contributed by atoms with E-state index in [2.05, 4.69) is 44.2 Å². The van der Waals surface area contributed by atoms with Crippen LogP contribution in [0.1, 0.15) is 30.5 Å². The Morgan fingerprint density at radius 2 is 2.17 bits per heavy atom. The van der Waals surface area contributed by atoms with Crippen LogP contribution in [0.4, 0.5) is 5.82 Å². The van der Waals surface area contributed by atoms with Gasteiger partial charge in [0, 0.05) is 56.7 Å². The van der Waals surface area contributed by atoms with E-state index in [1.54, 1.807) is 6.33 Å². The van der Waals surface area contributed by atoms with E-state index in [1.165, 1.54) is 37.9 Å². The summed E-state index contributed by atoms with van der Waals surface area (Å²) in [5, 5.41) is 4.28. The Labute approximate surface area is 143 Å². The predicted molar refractivity (Wildman–Crippen MR) is 93.7 cm³/mol. The van der Waals surface area contributed by atoms with Crippen LogP contribution in [0.3, 0.4) is 0 Å². The fourth-order valence-electron chi connectivity index (χ4n) is 4.34. The Morgan fingerprint density at radius 3 is 2.88 bits per heavy atom. The molecular formula is C18H26N6. The van der Waals surface area contributed by atoms with Crippen LogP contribution in [0, 0.1) is 12.3 Å². The molecule has 3 heterocycles. The molecule has 0 bridgehead atoms. The highest BCUT2D eigenvalue weighted by Crippen LogP contribution is 2.50. The van der Waals surface area contributed by atoms with Gasteiger partial charge >= 0.3 is 0 Å². The van der Waals surface area contributed by atoms with Gasteiger partial charge in [-0.2, -0.15) is 5.10 Å². The summed E-state index contributed by atoms with van der Waals surface area (Å²) < 4.78 is 1.89. The fourth-order valence-corrected chi connectivity index (χ4v) is 4.34. The lowest BCUT2D eigenvalue weighted by Gasteiger charge is -2.49. The van der Waals surface area contributed by atoms with Crippen LogP contribution < -0.4 is 4.90 Å². The van der Waals surface area contributed by atoms with Crippen molar-refractivity contribution in [2.45, 2.75) is 38.8 Å². The Balaban J connectivity index is 1.33. The van der Waals surface area contributed by atoms with Gasteiger partial charge < -0.3 is 4.90 Å². The van der Waals surface area contributed by atoms with Crippen molar-refractivity contribution >= 4 is 5.82 Å². The molecule has 4 rings (SSSR count). The molecule has 1 spiro atoms. The van der Waals surface area contributed by atoms with Crippen molar-refractivity contribution in [3.05, 3.63) is 36.0 Å². The number of anilines is 1. The fraction of sp³-hybridized carbons (Fsp3) is 0.611. The zero-order valence-electron chi connectivity index (χ0n) is 14.8. The van der Waals surface area contributed by atoms with Crippen LogP contribution in [-0.4, -0.2) is 50.8 Å². The second-order valence-corrected chi connectivity index (χ2v) is 7.67. The highest BCUT2D eigenvalue weighted by Gasteiger charge is 2.49. The first-order valence-electron chi connectivity index (χ1n) is 8.74. The largest absolute Gasteiger partial charge is 0.357 e. The summed E-state index contributed by atoms with van der Waals surface area (Å²) in [6.07, 6.45) is 9.65. The summed E-state index contributed by atoms with van der Waals surface area (Å²) in [5.41, 5.74) is 2.87. The monoisotopic (exact) mass is 326 g/mol. The minimum absolute atomic E-state index is 0.517. The molecule has 0 amide bonds. The van der Waals surface area contributed by atoms with Crippen molar-refractivity contribution in [2.24, 2.45) is 12.5 Å². The number of hydrogen-bond donors (Lipinski definition) is 0. The quantitative estimate of drug-likeness (QED) is 0.860. The SMILES string of the molecule is Cc1cc(N(C)C2CC3(CCN(Cc4cnn(C)c4)C3)C2)ncn1. The van der Waals surface area contributed by atoms with E-state index < -0.39 is 0 Å². The molecule has 1 aliphatic carbocycles. The lowest BCUT2D eigenvalue weighted by atomic mass is 9.64. The third-order valence-electron chi connectivity index (χ3n) is 5.72. The van der Waals surface area contributed by atoms with Crippen molar-refractivity contribution in [2.75, 3.05) is 25.0 Å². The minimum Gasteiger partial charge on any atom is -0.357 e. The molecular weight excluding hydrogens is 300 g/mol. The second kappa shape index (κ2) is 5.84. The van der Waals surface area contributed by atoms with E-state index >= 15 is 0 Å². The molecule has 1 aliphatic heterocycles. The van der Waals surface area contributed by atoms with Gasteiger partial charge in [-0.1, -0.05) is 0 Å². The summed E-state index contributed by atoms with van der Waals surface area (Å²) in [4.78, 5) is 13.5. The van der Waals surface area contributed by atoms with Crippen molar-refractivity contribution < 1.29 is 0 Å². The van der Waals surface area contributed by atoms with Gasteiger partial charge in [-0.25, -0.2) is 9.97 Å². The average Bonchev–Trinajstić information content (AvgIpc) is 3.12. The molecule has 6 nitrogen and oxygen atoms in total. The summed E-state index contributed by atoms with van der Waals surface area (Å²) in [5.74, 6) is 1.05. The van der Waals surface area contributed by atoms with Crippen molar-refractivity contribution in [1.82, 2.24) is 24.6 Å². The zero-order valence-corrected chi connectivity index (χ0v) is 14.8. The van der Waals surface area contributed by atoms with Crippen molar-refractivity contribution in [1.29, 1.82) is 0 Å². The van der Waals surface area contributed by atoms with Crippen molar-refractivity contribution in [3.8, 4) is 0 Å². The molecule has 128 valence electrons. The summed E-state index contributed by atoms with van der Waals surface area (Å²) >= 11 is 0. The lowest BCUT2D eigenvalue weighted by Crippen LogP contribution is -2.51. The van der Waals surface area contributed by atoms with E-state index in [9.17, 15) is 0 Å². The second-order valence-electron chi connectivity index (χ2n) is 7.67. The molecule has 1 saturated heterocycles. The highest BCUT2D eigenvalue weighted by molar-refractivity contribution is 5.40. The van der Waals surface area contributed by atoms with Crippen LogP contribution in [0.2, 0.25) is 0 Å². The van der Waals surface area contributed by atoms with E-state index in [0.717, 1.165) is 18.1 Å². The number of aryl methyl sites for hydroxylation is 2. The van der Waals surface area contributed by atoms with Crippen LogP contribution in [0.25, 0.3) is 0 Å². The Hall–Kier alpha value is -1.95. The molecule has 0 unspecified atom stereocenters. The van der Waals surface area contributed by atoms with Gasteiger partial charge in [0.1, 0.15) is 12.1 Å². The van der Waals surface area contributed by atoms with E-state index in [-0.39, 0.29) is 0 Å². The van der Waals surface area contributed by atoms with E-state index in [4.69, 9.17) is 0 Å². The Morgan fingerprint density at radius 1 is 1.33 bits per heavy atom. The number of likely N-dealkylation sites (tertiary alicyclic amines) is 1. The minimum atomic E-state index is 0.517. The van der Waals surface area contributed by atoms with E-state index in [1.807, 2.05) is 24.9 Å². The van der Waals surface area contributed by atoms with Crippen LogP contribution >= 0.6 is 0 Å². The number of nitrogens with zero attached hydrogens (tertiary/aromatic N) is 6. The first kappa shape index (κ1) is 15.6. The van der Waals surface area contributed by atoms with Crippen molar-refractivity contribution in [3.63, 3.8) is 0 Å². The third kappa shape index (κ3) is 2.90. The summed E-state index contributed by atoms with van der Waals surface area (Å²) in [7, 11) is 4.15. The molecule has 24 heavy (non-hydrogen) atoms. The normalized spacial score (nSPS) is 26.7. The smallest absolute Gasteiger partial charge is 0.132 e. The molecule has 6 heteroatoms. The molecule has 2 aliphatic rings. The maximum absolute atomic E-state index is 4.43. The van der Waals surface area contributed by atoms with Gasteiger partial charge in [0.2, 0.25) is 0 Å². The molecule has 0 radical (unpaired) electrons. The molecule has 1 saturated carbocycles. The van der Waals surface area contributed by atoms with Gasteiger partial charge in [0.25, 0.3) is 0 Å². The maximum Gasteiger partial charge on any atom is 0.132 e. The van der Waals surface area contributed by atoms with Crippen LogP contribution in [0.15, 0.2) is 24.8 Å². The first-order chi connectivity index (χ1) is 11.5. The molecule has 0 aromatic carbocycles. The topological polar surface area (TPSA) is 50.1 Å². The highest BCUT2D eigenvalue weighted by atomic mass is 15.3. The third-order valence-corrected chi connectivity index (χ3v) is 5.72. The van der Waals surface area contributed by atoms with E-state index in [0.29, 0.717) is 11.5 Å². The lowest BCUT2D eigenvalue weighted by molar-refractivity contribution is 0.107.